The number of fused-ring (bicyclic) bond motifs is 3. The number of benzene rings is 2. The Balaban J connectivity index is 1.69. The smallest absolute Gasteiger partial charge is 0.261 e. The van der Waals surface area contributed by atoms with Crippen LogP contribution in [0.15, 0.2) is 52.0 Å². The summed E-state index contributed by atoms with van der Waals surface area (Å²) in [7, 11) is -2.35. The summed E-state index contributed by atoms with van der Waals surface area (Å²) in [5, 5.41) is 4.05. The van der Waals surface area contributed by atoms with Gasteiger partial charge in [0.15, 0.2) is 5.76 Å². The van der Waals surface area contributed by atoms with Crippen LogP contribution in [0, 0.1) is 0 Å². The SMILES string of the molecule is COc1ccc(NS(=O)(=O)c2ccc3c(c2)-c2oncc2CO3)cc1Cl. The van der Waals surface area contributed by atoms with Gasteiger partial charge < -0.3 is 14.0 Å². The molecule has 2 heterocycles. The topological polar surface area (TPSA) is 90.7 Å². The van der Waals surface area contributed by atoms with Gasteiger partial charge in [0.05, 0.1) is 40.0 Å². The lowest BCUT2D eigenvalue weighted by atomic mass is 10.1. The highest BCUT2D eigenvalue weighted by molar-refractivity contribution is 7.92. The van der Waals surface area contributed by atoms with Crippen LogP contribution >= 0.6 is 11.6 Å². The van der Waals surface area contributed by atoms with Gasteiger partial charge in [0.25, 0.3) is 10.0 Å². The van der Waals surface area contributed by atoms with Crippen molar-refractivity contribution in [1.82, 2.24) is 5.16 Å². The molecule has 0 saturated heterocycles. The molecule has 2 aromatic carbocycles. The summed E-state index contributed by atoms with van der Waals surface area (Å²) in [5.41, 5.74) is 1.63. The van der Waals surface area contributed by atoms with Crippen LogP contribution in [0.4, 0.5) is 5.69 Å². The van der Waals surface area contributed by atoms with E-state index >= 15 is 0 Å². The fourth-order valence-corrected chi connectivity index (χ4v) is 4.00. The van der Waals surface area contributed by atoms with E-state index in [1.807, 2.05) is 0 Å². The molecule has 9 heteroatoms. The van der Waals surface area contributed by atoms with Crippen molar-refractivity contribution in [3.8, 4) is 22.8 Å². The molecule has 3 aromatic rings. The number of methoxy groups -OCH3 is 1. The summed E-state index contributed by atoms with van der Waals surface area (Å²) >= 11 is 6.05. The molecule has 0 fully saturated rings. The quantitative estimate of drug-likeness (QED) is 0.728. The Morgan fingerprint density at radius 1 is 1.23 bits per heavy atom. The summed E-state index contributed by atoms with van der Waals surface area (Å²) in [6.07, 6.45) is 1.55. The van der Waals surface area contributed by atoms with Crippen molar-refractivity contribution in [2.75, 3.05) is 11.8 Å². The minimum absolute atomic E-state index is 0.0658. The zero-order valence-electron chi connectivity index (χ0n) is 13.5. The number of nitrogens with one attached hydrogen (secondary N) is 1. The third kappa shape index (κ3) is 2.87. The average Bonchev–Trinajstić information content (AvgIpc) is 3.10. The van der Waals surface area contributed by atoms with Gasteiger partial charge in [-0.25, -0.2) is 8.42 Å². The van der Waals surface area contributed by atoms with Crippen LogP contribution < -0.4 is 14.2 Å². The number of aromatic nitrogens is 1. The molecule has 0 unspecified atom stereocenters. The molecule has 134 valence electrons. The largest absolute Gasteiger partial charge is 0.495 e. The molecule has 0 spiro atoms. The second-order valence-electron chi connectivity index (χ2n) is 5.58. The Bertz CT molecular complexity index is 1090. The Kier molecular flexibility index (Phi) is 4.01. The van der Waals surface area contributed by atoms with Gasteiger partial charge in [0.2, 0.25) is 0 Å². The highest BCUT2D eigenvalue weighted by Gasteiger charge is 2.25. The summed E-state index contributed by atoms with van der Waals surface area (Å²) in [6, 6.07) is 9.18. The number of sulfonamides is 1. The monoisotopic (exact) mass is 392 g/mol. The second kappa shape index (κ2) is 6.22. The first kappa shape index (κ1) is 16.7. The summed E-state index contributed by atoms with van der Waals surface area (Å²) in [5.74, 6) is 1.51. The zero-order valence-corrected chi connectivity index (χ0v) is 15.1. The van der Waals surface area contributed by atoms with Crippen LogP contribution in [0.3, 0.4) is 0 Å². The molecule has 0 aliphatic carbocycles. The number of ether oxygens (including phenoxy) is 2. The van der Waals surface area contributed by atoms with Gasteiger partial charge in [0, 0.05) is 0 Å². The fourth-order valence-electron chi connectivity index (χ4n) is 2.66. The Morgan fingerprint density at radius 2 is 2.08 bits per heavy atom. The number of hydrogen-bond acceptors (Lipinski definition) is 6. The lowest BCUT2D eigenvalue weighted by Gasteiger charge is -2.17. The second-order valence-corrected chi connectivity index (χ2v) is 7.67. The van der Waals surface area contributed by atoms with Crippen molar-refractivity contribution in [1.29, 1.82) is 0 Å². The zero-order chi connectivity index (χ0) is 18.3. The third-order valence-corrected chi connectivity index (χ3v) is 5.61. The van der Waals surface area contributed by atoms with Crippen LogP contribution in [0.25, 0.3) is 11.3 Å². The molecule has 1 aromatic heterocycles. The van der Waals surface area contributed by atoms with E-state index in [0.717, 1.165) is 5.56 Å². The maximum atomic E-state index is 12.7. The maximum Gasteiger partial charge on any atom is 0.261 e. The minimum atomic E-state index is -3.84. The first-order valence-electron chi connectivity index (χ1n) is 7.55. The van der Waals surface area contributed by atoms with Gasteiger partial charge in [-0.05, 0) is 36.4 Å². The molecule has 1 aliphatic heterocycles. The first-order chi connectivity index (χ1) is 12.5. The van der Waals surface area contributed by atoms with Gasteiger partial charge in [-0.2, -0.15) is 0 Å². The van der Waals surface area contributed by atoms with Gasteiger partial charge in [-0.1, -0.05) is 16.8 Å². The van der Waals surface area contributed by atoms with E-state index in [0.29, 0.717) is 40.1 Å². The van der Waals surface area contributed by atoms with Gasteiger partial charge in [-0.15, -0.1) is 0 Å². The first-order valence-corrected chi connectivity index (χ1v) is 9.41. The number of halogens is 1. The van der Waals surface area contributed by atoms with Crippen LogP contribution in [-0.2, 0) is 16.6 Å². The minimum Gasteiger partial charge on any atom is -0.495 e. The number of hydrogen-bond donors (Lipinski definition) is 1. The third-order valence-electron chi connectivity index (χ3n) is 3.94. The van der Waals surface area contributed by atoms with E-state index in [1.165, 1.54) is 25.3 Å². The van der Waals surface area contributed by atoms with Gasteiger partial charge in [0.1, 0.15) is 18.1 Å². The van der Waals surface area contributed by atoms with Gasteiger partial charge in [-0.3, -0.25) is 4.72 Å². The molecule has 1 N–H and O–H groups in total. The maximum absolute atomic E-state index is 12.7. The Labute approximate surface area is 154 Å². The lowest BCUT2D eigenvalue weighted by Crippen LogP contribution is -2.14. The summed E-state index contributed by atoms with van der Waals surface area (Å²) in [4.78, 5) is 0.0658. The van der Waals surface area contributed by atoms with E-state index in [2.05, 4.69) is 9.88 Å². The van der Waals surface area contributed by atoms with Crippen LogP contribution in [0.5, 0.6) is 11.5 Å². The van der Waals surface area contributed by atoms with Crippen LogP contribution in [-0.4, -0.2) is 20.7 Å². The normalized spacial score (nSPS) is 12.7. The highest BCUT2D eigenvalue weighted by atomic mass is 35.5. The fraction of sp³-hybridized carbons (Fsp3) is 0.118. The molecule has 0 bridgehead atoms. The standard InChI is InChI=1S/C17H13ClN2O5S/c1-23-16-4-2-11(6-14(16)18)20-26(21,22)12-3-5-15-13(7-12)17-10(9-24-15)8-19-25-17/h2-8,20H,9H2,1H3. The van der Waals surface area contributed by atoms with E-state index in [1.54, 1.807) is 24.4 Å². The van der Waals surface area contributed by atoms with Crippen molar-refractivity contribution in [2.45, 2.75) is 11.5 Å². The molecule has 0 amide bonds. The van der Waals surface area contributed by atoms with E-state index < -0.39 is 10.0 Å². The molecule has 7 nitrogen and oxygen atoms in total. The Morgan fingerprint density at radius 3 is 2.85 bits per heavy atom. The predicted molar refractivity (Wildman–Crippen MR) is 95.1 cm³/mol. The Hall–Kier alpha value is -2.71. The van der Waals surface area contributed by atoms with E-state index in [4.69, 9.17) is 25.6 Å². The molecule has 0 saturated carbocycles. The molecule has 0 atom stereocenters. The molecular weight excluding hydrogens is 380 g/mol. The molecule has 26 heavy (non-hydrogen) atoms. The van der Waals surface area contributed by atoms with Crippen LogP contribution in [0.1, 0.15) is 5.56 Å². The molecule has 1 aliphatic rings. The molecular formula is C17H13ClN2O5S. The average molecular weight is 393 g/mol. The highest BCUT2D eigenvalue weighted by Crippen LogP contribution is 2.39. The van der Waals surface area contributed by atoms with Crippen molar-refractivity contribution < 1.29 is 22.4 Å². The van der Waals surface area contributed by atoms with Crippen molar-refractivity contribution >= 4 is 27.3 Å². The summed E-state index contributed by atoms with van der Waals surface area (Å²) in [6.45, 7) is 0.334. The van der Waals surface area contributed by atoms with Crippen molar-refractivity contribution in [3.05, 3.63) is 53.2 Å². The molecule has 0 radical (unpaired) electrons. The van der Waals surface area contributed by atoms with E-state index in [-0.39, 0.29) is 4.90 Å². The van der Waals surface area contributed by atoms with E-state index in [9.17, 15) is 8.42 Å². The predicted octanol–water partition coefficient (Wildman–Crippen LogP) is 3.70. The molecule has 4 rings (SSSR count). The number of anilines is 1. The summed E-state index contributed by atoms with van der Waals surface area (Å²) < 4.78 is 43.8. The lowest BCUT2D eigenvalue weighted by molar-refractivity contribution is 0.297. The van der Waals surface area contributed by atoms with Gasteiger partial charge >= 0.3 is 0 Å². The van der Waals surface area contributed by atoms with Crippen molar-refractivity contribution in [3.63, 3.8) is 0 Å². The van der Waals surface area contributed by atoms with Crippen molar-refractivity contribution in [2.24, 2.45) is 0 Å². The number of rotatable bonds is 4. The van der Waals surface area contributed by atoms with Crippen LogP contribution in [0.2, 0.25) is 5.02 Å². The number of nitrogens with zero attached hydrogens (tertiary/aromatic N) is 1.